The molecule has 3 saturated carbocycles. The van der Waals surface area contributed by atoms with Crippen LogP contribution in [0.15, 0.2) is 0 Å². The van der Waals surface area contributed by atoms with Gasteiger partial charge in [0, 0.05) is 5.92 Å². The highest BCUT2D eigenvalue weighted by atomic mass is 16.3. The Balaban J connectivity index is 2.12. The summed E-state index contributed by atoms with van der Waals surface area (Å²) in [6.07, 6.45) is 4.69. The average molecular weight is 237 g/mol. The fraction of sp³-hybridized carbons (Fsp3) is 1.00. The van der Waals surface area contributed by atoms with Gasteiger partial charge in [0.15, 0.2) is 0 Å². The van der Waals surface area contributed by atoms with E-state index in [0.29, 0.717) is 17.3 Å². The Labute approximate surface area is 105 Å². The molecular formula is C15H27NO. The van der Waals surface area contributed by atoms with Crippen molar-refractivity contribution in [1.82, 2.24) is 0 Å². The molecule has 0 radical (unpaired) electrons. The molecule has 3 aliphatic rings. The molecule has 1 spiro atoms. The van der Waals surface area contributed by atoms with Gasteiger partial charge in [-0.2, -0.15) is 0 Å². The Hall–Kier alpha value is -0.0800. The molecule has 98 valence electrons. The summed E-state index contributed by atoms with van der Waals surface area (Å²) in [5.74, 6) is 2.43. The van der Waals surface area contributed by atoms with Crippen LogP contribution in [0.5, 0.6) is 0 Å². The van der Waals surface area contributed by atoms with Crippen LogP contribution in [-0.4, -0.2) is 10.8 Å². The first-order chi connectivity index (χ1) is 7.72. The maximum atomic E-state index is 10.7. The number of aliphatic hydroxyl groups is 1. The van der Waals surface area contributed by atoms with Gasteiger partial charge < -0.3 is 10.8 Å². The summed E-state index contributed by atoms with van der Waals surface area (Å²) in [7, 11) is 0. The Morgan fingerprint density at radius 1 is 1.18 bits per heavy atom. The summed E-state index contributed by atoms with van der Waals surface area (Å²) in [6.45, 7) is 9.40. The van der Waals surface area contributed by atoms with Gasteiger partial charge in [0.1, 0.15) is 5.72 Å². The van der Waals surface area contributed by atoms with Crippen LogP contribution in [-0.2, 0) is 0 Å². The van der Waals surface area contributed by atoms with E-state index >= 15 is 0 Å². The van der Waals surface area contributed by atoms with E-state index in [1.807, 2.05) is 0 Å². The largest absolute Gasteiger partial charge is 0.376 e. The van der Waals surface area contributed by atoms with Gasteiger partial charge in [0.05, 0.1) is 0 Å². The van der Waals surface area contributed by atoms with Crippen molar-refractivity contribution < 1.29 is 5.11 Å². The molecule has 0 aromatic carbocycles. The Bertz CT molecular complexity index is 349. The lowest BCUT2D eigenvalue weighted by molar-refractivity contribution is -0.0586. The molecule has 3 rings (SSSR count). The van der Waals surface area contributed by atoms with E-state index in [1.165, 1.54) is 19.3 Å². The molecule has 1 unspecified atom stereocenters. The number of rotatable bonds is 0. The van der Waals surface area contributed by atoms with Gasteiger partial charge in [0.25, 0.3) is 0 Å². The van der Waals surface area contributed by atoms with Crippen LogP contribution in [0.3, 0.4) is 0 Å². The zero-order chi connectivity index (χ0) is 12.6. The fourth-order valence-corrected chi connectivity index (χ4v) is 6.31. The van der Waals surface area contributed by atoms with E-state index < -0.39 is 5.72 Å². The predicted octanol–water partition coefficient (Wildman–Crippen LogP) is 2.75. The third kappa shape index (κ3) is 1.24. The number of nitrogens with two attached hydrogens (primary N) is 1. The lowest BCUT2D eigenvalue weighted by atomic mass is 9.65. The Kier molecular flexibility index (Phi) is 2.17. The molecule has 2 nitrogen and oxygen atoms in total. The summed E-state index contributed by atoms with van der Waals surface area (Å²) in [6, 6.07) is 0. The molecular weight excluding hydrogens is 210 g/mol. The van der Waals surface area contributed by atoms with E-state index in [2.05, 4.69) is 27.7 Å². The molecule has 0 heterocycles. The molecule has 3 fully saturated rings. The lowest BCUT2D eigenvalue weighted by Crippen LogP contribution is -2.51. The molecule has 0 saturated heterocycles. The first-order valence-electron chi connectivity index (χ1n) is 7.23. The minimum absolute atomic E-state index is 0.199. The van der Waals surface area contributed by atoms with E-state index in [0.717, 1.165) is 18.3 Å². The van der Waals surface area contributed by atoms with Crippen LogP contribution in [0.1, 0.15) is 53.4 Å². The van der Waals surface area contributed by atoms with Crippen LogP contribution in [0.4, 0.5) is 0 Å². The summed E-state index contributed by atoms with van der Waals surface area (Å²) in [5, 5.41) is 10.7. The quantitative estimate of drug-likeness (QED) is 0.636. The molecule has 3 N–H and O–H groups in total. The third-order valence-electron chi connectivity index (χ3n) is 6.74. The molecule has 17 heavy (non-hydrogen) atoms. The van der Waals surface area contributed by atoms with Gasteiger partial charge in [-0.15, -0.1) is 0 Å². The summed E-state index contributed by atoms with van der Waals surface area (Å²) >= 11 is 0. The van der Waals surface area contributed by atoms with Crippen LogP contribution >= 0.6 is 0 Å². The second-order valence-corrected chi connectivity index (χ2v) is 7.91. The van der Waals surface area contributed by atoms with Crippen molar-refractivity contribution in [2.75, 3.05) is 0 Å². The molecule has 3 aliphatic carbocycles. The van der Waals surface area contributed by atoms with E-state index in [4.69, 9.17) is 5.73 Å². The van der Waals surface area contributed by atoms with Gasteiger partial charge in [-0.3, -0.25) is 0 Å². The van der Waals surface area contributed by atoms with Crippen LogP contribution in [0.25, 0.3) is 0 Å². The average Bonchev–Trinajstić information content (AvgIpc) is 2.50. The number of fused-ring (bicyclic) bond motifs is 1. The van der Waals surface area contributed by atoms with E-state index in [1.54, 1.807) is 0 Å². The summed E-state index contributed by atoms with van der Waals surface area (Å²) in [5.41, 5.74) is 5.89. The van der Waals surface area contributed by atoms with Gasteiger partial charge in [-0.25, -0.2) is 0 Å². The van der Waals surface area contributed by atoms with Crippen LogP contribution in [0, 0.1) is 34.5 Å². The van der Waals surface area contributed by atoms with Crippen molar-refractivity contribution in [1.29, 1.82) is 0 Å². The van der Waals surface area contributed by atoms with Gasteiger partial charge in [0.2, 0.25) is 0 Å². The SMILES string of the molecule is C[C@@H]1CC[C@@]23C[C@@H]1C(C)(C)[C@@H]2C(N)(O)C[C@H]3C. The first-order valence-corrected chi connectivity index (χ1v) is 7.23. The third-order valence-corrected chi connectivity index (χ3v) is 6.74. The highest BCUT2D eigenvalue weighted by molar-refractivity contribution is 5.19. The Morgan fingerprint density at radius 3 is 2.47 bits per heavy atom. The second kappa shape index (κ2) is 3.08. The summed E-state index contributed by atoms with van der Waals surface area (Å²) in [4.78, 5) is 0. The summed E-state index contributed by atoms with van der Waals surface area (Å²) < 4.78 is 0. The second-order valence-electron chi connectivity index (χ2n) is 7.91. The standard InChI is InChI=1S/C15H27NO/c1-9-5-6-14-8-11(9)13(3,4)12(14)15(16,17)7-10(14)2/h9-12,17H,5-8,16H2,1-4H3/t9-,10-,11+,12+,14+,15?/m1/s1. The Morgan fingerprint density at radius 2 is 1.82 bits per heavy atom. The maximum Gasteiger partial charge on any atom is 0.117 e. The van der Waals surface area contributed by atoms with Gasteiger partial charge >= 0.3 is 0 Å². The molecule has 0 amide bonds. The normalized spacial score (nSPS) is 60.4. The number of hydrogen-bond donors (Lipinski definition) is 2. The monoisotopic (exact) mass is 237 g/mol. The molecule has 2 heteroatoms. The minimum Gasteiger partial charge on any atom is -0.376 e. The van der Waals surface area contributed by atoms with Crippen molar-refractivity contribution in [3.05, 3.63) is 0 Å². The van der Waals surface area contributed by atoms with Crippen molar-refractivity contribution in [3.8, 4) is 0 Å². The minimum atomic E-state index is -0.929. The van der Waals surface area contributed by atoms with E-state index in [9.17, 15) is 5.11 Å². The van der Waals surface area contributed by atoms with Crippen LogP contribution < -0.4 is 5.73 Å². The molecule has 0 aliphatic heterocycles. The molecule has 0 aromatic rings. The van der Waals surface area contributed by atoms with Gasteiger partial charge in [-0.05, 0) is 54.3 Å². The zero-order valence-corrected chi connectivity index (χ0v) is 11.7. The highest BCUT2D eigenvalue weighted by Crippen LogP contribution is 2.73. The van der Waals surface area contributed by atoms with Gasteiger partial charge in [-0.1, -0.05) is 27.7 Å². The van der Waals surface area contributed by atoms with Crippen molar-refractivity contribution in [3.63, 3.8) is 0 Å². The van der Waals surface area contributed by atoms with Crippen LogP contribution in [0.2, 0.25) is 0 Å². The first kappa shape index (κ1) is 12.0. The lowest BCUT2D eigenvalue weighted by Gasteiger charge is -2.41. The van der Waals surface area contributed by atoms with Crippen molar-refractivity contribution in [2.24, 2.45) is 40.2 Å². The van der Waals surface area contributed by atoms with Crippen molar-refractivity contribution in [2.45, 2.75) is 59.1 Å². The highest BCUT2D eigenvalue weighted by Gasteiger charge is 2.71. The topological polar surface area (TPSA) is 46.2 Å². The molecule has 0 aromatic heterocycles. The van der Waals surface area contributed by atoms with E-state index in [-0.39, 0.29) is 5.41 Å². The molecule has 2 bridgehead atoms. The zero-order valence-electron chi connectivity index (χ0n) is 11.7. The maximum absolute atomic E-state index is 10.7. The fourth-order valence-electron chi connectivity index (χ4n) is 6.31. The van der Waals surface area contributed by atoms with Crippen molar-refractivity contribution >= 4 is 0 Å². The predicted molar refractivity (Wildman–Crippen MR) is 69.1 cm³/mol. The molecule has 6 atom stereocenters. The number of hydrogen-bond acceptors (Lipinski definition) is 2. The smallest absolute Gasteiger partial charge is 0.117 e.